The molecule has 5 nitrogen and oxygen atoms in total. The summed E-state index contributed by atoms with van der Waals surface area (Å²) in [6.07, 6.45) is 3.03. The molecule has 2 heterocycles. The van der Waals surface area contributed by atoms with Crippen molar-refractivity contribution in [1.82, 2.24) is 19.8 Å². The Morgan fingerprint density at radius 2 is 1.70 bits per heavy atom. The molecule has 0 saturated carbocycles. The summed E-state index contributed by atoms with van der Waals surface area (Å²) in [5, 5.41) is 3.26. The summed E-state index contributed by atoms with van der Waals surface area (Å²) in [5.74, 6) is 1.77. The van der Waals surface area contributed by atoms with Gasteiger partial charge in [0.2, 0.25) is 5.95 Å². The number of nitrogens with one attached hydrogen (secondary N) is 1. The van der Waals surface area contributed by atoms with Crippen molar-refractivity contribution in [2.24, 2.45) is 0 Å². The number of thioether (sulfide) groups is 1. The van der Waals surface area contributed by atoms with Crippen LogP contribution in [0.5, 0.6) is 0 Å². The number of rotatable bonds is 8. The first kappa shape index (κ1) is 20.8. The average Bonchev–Trinajstić information content (AvgIpc) is 2.79. The van der Waals surface area contributed by atoms with Gasteiger partial charge in [-0.1, -0.05) is 30.3 Å². The van der Waals surface area contributed by atoms with Gasteiger partial charge in [-0.15, -0.1) is 11.8 Å². The molecule has 1 aromatic heterocycles. The van der Waals surface area contributed by atoms with Crippen LogP contribution in [0.1, 0.15) is 6.42 Å². The fraction of sp³-hybridized carbons (Fsp3) is 0.333. The Labute approximate surface area is 183 Å². The predicted octanol–water partition coefficient (Wildman–Crippen LogP) is 4.62. The summed E-state index contributed by atoms with van der Waals surface area (Å²) in [6.45, 7) is 6.00. The van der Waals surface area contributed by atoms with Crippen LogP contribution in [0.15, 0.2) is 71.8 Å². The van der Waals surface area contributed by atoms with Crippen LogP contribution < -0.4 is 5.32 Å². The first-order valence-electron chi connectivity index (χ1n) is 10.6. The van der Waals surface area contributed by atoms with Crippen molar-refractivity contribution in [1.29, 1.82) is 0 Å². The van der Waals surface area contributed by atoms with Gasteiger partial charge in [-0.3, -0.25) is 0 Å². The standard InChI is InChI=1S/C24H29N5S/c1-28-15-17-29(18-16-28)14-5-19-30-22-10-8-20(9-11-22)23-12-13-25-24(27-23)26-21-6-3-2-4-7-21/h2-4,6-13H,5,14-19H2,1H3,(H,25,26,27). The quantitative estimate of drug-likeness (QED) is 0.425. The fourth-order valence-electron chi connectivity index (χ4n) is 3.50. The van der Waals surface area contributed by atoms with E-state index in [0.29, 0.717) is 5.95 Å². The Kier molecular flexibility index (Phi) is 7.34. The van der Waals surface area contributed by atoms with E-state index < -0.39 is 0 Å². The molecule has 1 aliphatic rings. The lowest BCUT2D eigenvalue weighted by Gasteiger charge is -2.32. The molecule has 30 heavy (non-hydrogen) atoms. The number of hydrogen-bond donors (Lipinski definition) is 1. The van der Waals surface area contributed by atoms with Gasteiger partial charge in [-0.05, 0) is 56.1 Å². The zero-order valence-electron chi connectivity index (χ0n) is 17.5. The molecule has 1 fully saturated rings. The zero-order valence-corrected chi connectivity index (χ0v) is 18.3. The third-order valence-corrected chi connectivity index (χ3v) is 6.42. The highest BCUT2D eigenvalue weighted by molar-refractivity contribution is 7.99. The van der Waals surface area contributed by atoms with Gasteiger partial charge in [0, 0.05) is 48.5 Å². The molecule has 0 spiro atoms. The lowest BCUT2D eigenvalue weighted by Crippen LogP contribution is -2.44. The minimum absolute atomic E-state index is 0.612. The zero-order chi connectivity index (χ0) is 20.6. The maximum Gasteiger partial charge on any atom is 0.227 e. The molecular formula is C24H29N5S. The Bertz CT molecular complexity index is 908. The van der Waals surface area contributed by atoms with Crippen molar-refractivity contribution in [3.05, 3.63) is 66.9 Å². The second-order valence-electron chi connectivity index (χ2n) is 7.63. The number of piperazine rings is 1. The van der Waals surface area contributed by atoms with Gasteiger partial charge in [-0.2, -0.15) is 0 Å². The molecule has 1 aliphatic heterocycles. The monoisotopic (exact) mass is 419 g/mol. The maximum atomic E-state index is 4.66. The smallest absolute Gasteiger partial charge is 0.227 e. The minimum Gasteiger partial charge on any atom is -0.324 e. The normalized spacial score (nSPS) is 15.2. The average molecular weight is 420 g/mol. The van der Waals surface area contributed by atoms with Crippen molar-refractivity contribution in [2.45, 2.75) is 11.3 Å². The number of benzene rings is 2. The predicted molar refractivity (Wildman–Crippen MR) is 126 cm³/mol. The molecule has 3 aromatic rings. The van der Waals surface area contributed by atoms with Crippen molar-refractivity contribution < 1.29 is 0 Å². The molecule has 0 unspecified atom stereocenters. The Balaban J connectivity index is 1.27. The summed E-state index contributed by atoms with van der Waals surface area (Å²) >= 11 is 1.94. The highest BCUT2D eigenvalue weighted by Gasteiger charge is 2.12. The van der Waals surface area contributed by atoms with E-state index in [1.807, 2.05) is 48.2 Å². The summed E-state index contributed by atoms with van der Waals surface area (Å²) in [6, 6.07) is 20.6. The van der Waals surface area contributed by atoms with Gasteiger partial charge in [0.15, 0.2) is 0 Å². The molecule has 1 saturated heterocycles. The fourth-order valence-corrected chi connectivity index (χ4v) is 4.34. The summed E-state index contributed by atoms with van der Waals surface area (Å²) in [7, 11) is 2.21. The molecule has 0 aliphatic carbocycles. The summed E-state index contributed by atoms with van der Waals surface area (Å²) < 4.78 is 0. The molecular weight excluding hydrogens is 390 g/mol. The first-order valence-corrected chi connectivity index (χ1v) is 11.5. The second kappa shape index (κ2) is 10.6. The van der Waals surface area contributed by atoms with E-state index in [1.54, 1.807) is 6.20 Å². The van der Waals surface area contributed by atoms with Gasteiger partial charge in [-0.25, -0.2) is 9.97 Å². The molecule has 4 rings (SSSR count). The largest absolute Gasteiger partial charge is 0.324 e. The van der Waals surface area contributed by atoms with Crippen LogP contribution in [0.25, 0.3) is 11.3 Å². The molecule has 156 valence electrons. The lowest BCUT2D eigenvalue weighted by molar-refractivity contribution is 0.154. The minimum atomic E-state index is 0.612. The molecule has 0 amide bonds. The van der Waals surface area contributed by atoms with Crippen molar-refractivity contribution in [3.8, 4) is 11.3 Å². The lowest BCUT2D eigenvalue weighted by atomic mass is 10.1. The Morgan fingerprint density at radius 3 is 2.47 bits per heavy atom. The summed E-state index contributed by atoms with van der Waals surface area (Å²) in [5.41, 5.74) is 3.02. The Hall–Kier alpha value is -2.41. The van der Waals surface area contributed by atoms with Crippen LogP contribution in [-0.2, 0) is 0 Å². The maximum absolute atomic E-state index is 4.66. The number of hydrogen-bond acceptors (Lipinski definition) is 6. The number of anilines is 2. The van der Waals surface area contributed by atoms with E-state index in [4.69, 9.17) is 0 Å². The van der Waals surface area contributed by atoms with Crippen LogP contribution >= 0.6 is 11.8 Å². The topological polar surface area (TPSA) is 44.3 Å². The van der Waals surface area contributed by atoms with Crippen molar-refractivity contribution in [2.75, 3.05) is 50.8 Å². The molecule has 1 N–H and O–H groups in total. The number of para-hydroxylation sites is 1. The van der Waals surface area contributed by atoms with Gasteiger partial charge in [0.25, 0.3) is 0 Å². The van der Waals surface area contributed by atoms with Gasteiger partial charge < -0.3 is 15.1 Å². The highest BCUT2D eigenvalue weighted by atomic mass is 32.2. The summed E-state index contributed by atoms with van der Waals surface area (Å²) in [4.78, 5) is 15.3. The molecule has 0 bridgehead atoms. The van der Waals surface area contributed by atoms with E-state index in [-0.39, 0.29) is 0 Å². The third kappa shape index (κ3) is 6.05. The van der Waals surface area contributed by atoms with E-state index in [2.05, 4.69) is 56.4 Å². The van der Waals surface area contributed by atoms with Crippen LogP contribution in [0.4, 0.5) is 11.6 Å². The van der Waals surface area contributed by atoms with Gasteiger partial charge in [0.05, 0.1) is 5.69 Å². The number of nitrogens with zero attached hydrogens (tertiary/aromatic N) is 4. The van der Waals surface area contributed by atoms with Crippen molar-refractivity contribution >= 4 is 23.4 Å². The Morgan fingerprint density at radius 1 is 0.933 bits per heavy atom. The third-order valence-electron chi connectivity index (χ3n) is 5.32. The van der Waals surface area contributed by atoms with Gasteiger partial charge in [0.1, 0.15) is 0 Å². The van der Waals surface area contributed by atoms with Crippen LogP contribution in [0.2, 0.25) is 0 Å². The van der Waals surface area contributed by atoms with Crippen LogP contribution in [-0.4, -0.2) is 65.3 Å². The van der Waals surface area contributed by atoms with E-state index in [1.165, 1.54) is 44.0 Å². The van der Waals surface area contributed by atoms with Crippen LogP contribution in [0.3, 0.4) is 0 Å². The number of aromatic nitrogens is 2. The SMILES string of the molecule is CN1CCN(CCCSc2ccc(-c3ccnc(Nc4ccccc4)n3)cc2)CC1. The van der Waals surface area contributed by atoms with E-state index in [9.17, 15) is 0 Å². The van der Waals surface area contributed by atoms with Crippen LogP contribution in [0, 0.1) is 0 Å². The van der Waals surface area contributed by atoms with E-state index >= 15 is 0 Å². The second-order valence-corrected chi connectivity index (χ2v) is 8.80. The number of likely N-dealkylation sites (N-methyl/N-ethyl adjacent to an activating group) is 1. The molecule has 2 aromatic carbocycles. The molecule has 0 radical (unpaired) electrons. The van der Waals surface area contributed by atoms with E-state index in [0.717, 1.165) is 22.7 Å². The van der Waals surface area contributed by atoms with Gasteiger partial charge >= 0.3 is 0 Å². The van der Waals surface area contributed by atoms with Crippen molar-refractivity contribution in [3.63, 3.8) is 0 Å². The molecule has 6 heteroatoms. The highest BCUT2D eigenvalue weighted by Crippen LogP contribution is 2.24. The molecule has 0 atom stereocenters. The first-order chi connectivity index (χ1) is 14.8.